The van der Waals surface area contributed by atoms with Gasteiger partial charge in [0, 0.05) is 23.0 Å². The first kappa shape index (κ1) is 9.73. The zero-order chi connectivity index (χ0) is 8.81. The van der Waals surface area contributed by atoms with Crippen LogP contribution >= 0.6 is 23.5 Å². The first-order chi connectivity index (χ1) is 5.79. The summed E-state index contributed by atoms with van der Waals surface area (Å²) in [6, 6.07) is -0.596. The Balaban J connectivity index is 2.37. The van der Waals surface area contributed by atoms with E-state index in [1.807, 2.05) is 23.5 Å². The van der Waals surface area contributed by atoms with Gasteiger partial charge < -0.3 is 5.73 Å². The lowest BCUT2D eigenvalue weighted by molar-refractivity contribution is 0.249. The van der Waals surface area contributed by atoms with Crippen molar-refractivity contribution >= 4 is 35.3 Å². The van der Waals surface area contributed by atoms with Gasteiger partial charge >= 0.3 is 6.03 Å². The molecular formula is C6H11N3OS2. The highest BCUT2D eigenvalue weighted by Gasteiger charge is 2.05. The quantitative estimate of drug-likeness (QED) is 0.612. The maximum atomic E-state index is 10.3. The number of primary amides is 1. The zero-order valence-electron chi connectivity index (χ0n) is 6.58. The van der Waals surface area contributed by atoms with Gasteiger partial charge in [-0.2, -0.15) is 28.6 Å². The van der Waals surface area contributed by atoms with Crippen molar-refractivity contribution in [2.24, 2.45) is 10.8 Å². The van der Waals surface area contributed by atoms with Gasteiger partial charge in [-0.25, -0.2) is 10.2 Å². The van der Waals surface area contributed by atoms with Crippen LogP contribution in [0.3, 0.4) is 0 Å². The van der Waals surface area contributed by atoms with Crippen molar-refractivity contribution < 1.29 is 4.79 Å². The van der Waals surface area contributed by atoms with E-state index in [1.54, 1.807) is 0 Å². The summed E-state index contributed by atoms with van der Waals surface area (Å²) in [5, 5.41) is 3.89. The molecule has 0 aromatic rings. The first-order valence-corrected chi connectivity index (χ1v) is 5.86. The van der Waals surface area contributed by atoms with Crippen molar-refractivity contribution in [2.45, 2.75) is 0 Å². The molecule has 0 aromatic carbocycles. The molecule has 6 heteroatoms. The highest BCUT2D eigenvalue weighted by atomic mass is 32.2. The maximum Gasteiger partial charge on any atom is 0.332 e. The fourth-order valence-corrected chi connectivity index (χ4v) is 2.90. The molecular weight excluding hydrogens is 194 g/mol. The van der Waals surface area contributed by atoms with E-state index in [2.05, 4.69) is 10.5 Å². The molecule has 0 radical (unpaired) electrons. The monoisotopic (exact) mass is 205 g/mol. The molecule has 1 rings (SSSR count). The summed E-state index contributed by atoms with van der Waals surface area (Å²) in [6.07, 6.45) is 0. The average molecular weight is 205 g/mol. The van der Waals surface area contributed by atoms with E-state index in [4.69, 9.17) is 5.73 Å². The minimum Gasteiger partial charge on any atom is -0.350 e. The SMILES string of the molecule is NC(=O)NN=C1CSCCSC1. The Morgan fingerprint density at radius 1 is 1.42 bits per heavy atom. The summed E-state index contributed by atoms with van der Waals surface area (Å²) >= 11 is 3.66. The number of nitrogens with one attached hydrogen (secondary N) is 1. The third kappa shape index (κ3) is 3.87. The summed E-state index contributed by atoms with van der Waals surface area (Å²) in [7, 11) is 0. The van der Waals surface area contributed by atoms with Gasteiger partial charge in [0.05, 0.1) is 5.71 Å². The predicted octanol–water partition coefficient (Wildman–Crippen LogP) is 0.491. The standard InChI is InChI=1S/C6H11N3OS2/c7-6(10)9-8-5-3-11-1-2-12-4-5/h1-4H2,(H3,7,9,10). The number of nitrogens with zero attached hydrogens (tertiary/aromatic N) is 1. The minimum atomic E-state index is -0.596. The van der Waals surface area contributed by atoms with Crippen LogP contribution in [0.2, 0.25) is 0 Å². The molecule has 1 aliphatic rings. The van der Waals surface area contributed by atoms with E-state index in [1.165, 1.54) is 0 Å². The molecule has 12 heavy (non-hydrogen) atoms. The molecule has 0 bridgehead atoms. The molecule has 1 fully saturated rings. The van der Waals surface area contributed by atoms with Gasteiger partial charge in [0.2, 0.25) is 0 Å². The molecule has 2 amide bonds. The normalized spacial score (nSPS) is 18.2. The van der Waals surface area contributed by atoms with Gasteiger partial charge in [0.1, 0.15) is 0 Å². The van der Waals surface area contributed by atoms with Crippen molar-refractivity contribution in [3.63, 3.8) is 0 Å². The highest BCUT2D eigenvalue weighted by Crippen LogP contribution is 2.13. The summed E-state index contributed by atoms with van der Waals surface area (Å²) in [6.45, 7) is 0. The number of hydrogen-bond acceptors (Lipinski definition) is 4. The third-order valence-electron chi connectivity index (χ3n) is 1.23. The Hall–Kier alpha value is -0.360. The summed E-state index contributed by atoms with van der Waals surface area (Å²) in [5.41, 5.74) is 8.12. The Morgan fingerprint density at radius 3 is 2.50 bits per heavy atom. The van der Waals surface area contributed by atoms with Gasteiger partial charge in [-0.3, -0.25) is 0 Å². The molecule has 1 aliphatic heterocycles. The van der Waals surface area contributed by atoms with Crippen LogP contribution in [0.25, 0.3) is 0 Å². The van der Waals surface area contributed by atoms with Crippen LogP contribution < -0.4 is 11.2 Å². The Labute approximate surface area is 79.7 Å². The molecule has 68 valence electrons. The molecule has 0 saturated carbocycles. The van der Waals surface area contributed by atoms with Gasteiger partial charge in [0.25, 0.3) is 0 Å². The topological polar surface area (TPSA) is 67.5 Å². The second-order valence-corrected chi connectivity index (χ2v) is 4.47. The minimum absolute atomic E-state index is 0.596. The van der Waals surface area contributed by atoms with Crippen LogP contribution in [-0.4, -0.2) is 34.8 Å². The van der Waals surface area contributed by atoms with Gasteiger partial charge in [-0.1, -0.05) is 0 Å². The Kier molecular flexibility index (Phi) is 4.31. The van der Waals surface area contributed by atoms with Crippen LogP contribution in [0.1, 0.15) is 0 Å². The number of carbonyl (C=O) groups excluding carboxylic acids is 1. The second kappa shape index (κ2) is 5.31. The molecule has 3 N–H and O–H groups in total. The van der Waals surface area contributed by atoms with Crippen molar-refractivity contribution in [1.29, 1.82) is 0 Å². The van der Waals surface area contributed by atoms with E-state index in [9.17, 15) is 4.79 Å². The summed E-state index contributed by atoms with van der Waals surface area (Å²) < 4.78 is 0. The maximum absolute atomic E-state index is 10.3. The largest absolute Gasteiger partial charge is 0.350 e. The van der Waals surface area contributed by atoms with E-state index >= 15 is 0 Å². The molecule has 4 nitrogen and oxygen atoms in total. The van der Waals surface area contributed by atoms with E-state index in [0.717, 1.165) is 28.7 Å². The van der Waals surface area contributed by atoms with Crippen LogP contribution in [0.4, 0.5) is 4.79 Å². The summed E-state index contributed by atoms with van der Waals surface area (Å²) in [4.78, 5) is 10.3. The van der Waals surface area contributed by atoms with Crippen LogP contribution in [-0.2, 0) is 0 Å². The molecule has 0 aromatic heterocycles. The van der Waals surface area contributed by atoms with Crippen molar-refractivity contribution in [2.75, 3.05) is 23.0 Å². The number of amides is 2. The Bertz CT molecular complexity index is 185. The fraction of sp³-hybridized carbons (Fsp3) is 0.667. The second-order valence-electron chi connectivity index (χ2n) is 2.26. The number of urea groups is 1. The highest BCUT2D eigenvalue weighted by molar-refractivity contribution is 8.04. The molecule has 0 atom stereocenters. The molecule has 0 spiro atoms. The van der Waals surface area contributed by atoms with E-state index in [-0.39, 0.29) is 0 Å². The third-order valence-corrected chi connectivity index (χ3v) is 3.55. The van der Waals surface area contributed by atoms with Crippen molar-refractivity contribution in [3.05, 3.63) is 0 Å². The lowest BCUT2D eigenvalue weighted by Crippen LogP contribution is -2.26. The number of thioether (sulfide) groups is 2. The number of hydrogen-bond donors (Lipinski definition) is 2. The number of hydrazone groups is 1. The number of rotatable bonds is 1. The number of carbonyl (C=O) groups is 1. The number of nitrogens with two attached hydrogens (primary N) is 1. The lowest BCUT2D eigenvalue weighted by atomic mass is 10.5. The Morgan fingerprint density at radius 2 is 2.00 bits per heavy atom. The van der Waals surface area contributed by atoms with Crippen molar-refractivity contribution in [1.82, 2.24) is 5.43 Å². The smallest absolute Gasteiger partial charge is 0.332 e. The van der Waals surface area contributed by atoms with Crippen LogP contribution in [0, 0.1) is 0 Å². The van der Waals surface area contributed by atoms with E-state index in [0.29, 0.717) is 0 Å². The van der Waals surface area contributed by atoms with Gasteiger partial charge in [-0.05, 0) is 0 Å². The van der Waals surface area contributed by atoms with Gasteiger partial charge in [0.15, 0.2) is 0 Å². The lowest BCUT2D eigenvalue weighted by Gasteiger charge is -1.99. The first-order valence-electron chi connectivity index (χ1n) is 3.55. The average Bonchev–Trinajstić information content (AvgIpc) is 2.28. The van der Waals surface area contributed by atoms with E-state index < -0.39 is 6.03 Å². The molecule has 0 unspecified atom stereocenters. The molecule has 0 aliphatic carbocycles. The molecule has 1 saturated heterocycles. The molecule has 1 heterocycles. The fourth-order valence-electron chi connectivity index (χ4n) is 0.738. The zero-order valence-corrected chi connectivity index (χ0v) is 8.21. The van der Waals surface area contributed by atoms with Crippen LogP contribution in [0.15, 0.2) is 5.10 Å². The van der Waals surface area contributed by atoms with Crippen molar-refractivity contribution in [3.8, 4) is 0 Å². The summed E-state index contributed by atoms with van der Waals surface area (Å²) in [5.74, 6) is 4.10. The van der Waals surface area contributed by atoms with Gasteiger partial charge in [-0.15, -0.1) is 0 Å². The predicted molar refractivity (Wildman–Crippen MR) is 54.8 cm³/mol. The van der Waals surface area contributed by atoms with Crippen LogP contribution in [0.5, 0.6) is 0 Å².